The molecule has 52 heavy (non-hydrogen) atoms. The predicted octanol–water partition coefficient (Wildman–Crippen LogP) is 8.13. The molecule has 2 fully saturated rings. The lowest BCUT2D eigenvalue weighted by molar-refractivity contribution is 0.0367. The van der Waals surface area contributed by atoms with E-state index in [2.05, 4.69) is 31.9 Å². The number of fused-ring (bicyclic) bond motifs is 2. The zero-order valence-corrected chi connectivity index (χ0v) is 30.5. The Labute approximate surface area is 307 Å². The quantitative estimate of drug-likeness (QED) is 0.155. The van der Waals surface area contributed by atoms with Crippen molar-refractivity contribution in [1.82, 2.24) is 29.6 Å². The summed E-state index contributed by atoms with van der Waals surface area (Å²) in [5.74, 6) is 1.19. The smallest absolute Gasteiger partial charge is 0.255 e. The molecule has 2 aliphatic rings. The molecule has 0 aliphatic carbocycles. The SMILES string of the molecule is C1COC1.CCc1cc(NC(=O)c2ccc3c(c2)nc(CN2CCC(c4cccc(OCc5ccc(Cl)cc5F)n4)CC2)n3C)cc2c(C)[nH]nc12. The van der Waals surface area contributed by atoms with Crippen LogP contribution >= 0.6 is 11.6 Å². The minimum atomic E-state index is -0.391. The van der Waals surface area contributed by atoms with Crippen molar-refractivity contribution in [2.45, 2.75) is 58.6 Å². The average molecular weight is 724 g/mol. The van der Waals surface area contributed by atoms with Gasteiger partial charge < -0.3 is 19.4 Å². The van der Waals surface area contributed by atoms with Gasteiger partial charge in [0.2, 0.25) is 5.88 Å². The highest BCUT2D eigenvalue weighted by Gasteiger charge is 2.24. The topological polar surface area (TPSA) is 110 Å². The first kappa shape index (κ1) is 35.6. The molecular formula is C40H43ClFN7O3. The molecule has 0 unspecified atom stereocenters. The van der Waals surface area contributed by atoms with Crippen LogP contribution in [0.25, 0.3) is 21.9 Å². The molecule has 2 saturated heterocycles. The summed E-state index contributed by atoms with van der Waals surface area (Å²) in [4.78, 5) is 25.4. The third kappa shape index (κ3) is 7.96. The van der Waals surface area contributed by atoms with Crippen LogP contribution in [0.4, 0.5) is 10.1 Å². The first-order chi connectivity index (χ1) is 25.2. The van der Waals surface area contributed by atoms with E-state index in [1.165, 1.54) is 12.5 Å². The van der Waals surface area contributed by atoms with E-state index in [1.807, 2.05) is 56.4 Å². The number of hydrogen-bond acceptors (Lipinski definition) is 7. The van der Waals surface area contributed by atoms with Gasteiger partial charge in [-0.25, -0.2) is 14.4 Å². The van der Waals surface area contributed by atoms with Crippen molar-refractivity contribution in [1.29, 1.82) is 0 Å². The van der Waals surface area contributed by atoms with Gasteiger partial charge in [0.05, 0.1) is 23.1 Å². The molecule has 5 heterocycles. The second-order valence-corrected chi connectivity index (χ2v) is 13.9. The van der Waals surface area contributed by atoms with Crippen molar-refractivity contribution in [3.05, 3.63) is 111 Å². The number of aromatic amines is 1. The number of anilines is 1. The molecular weight excluding hydrogens is 681 g/mol. The number of aromatic nitrogens is 5. The fourth-order valence-electron chi connectivity index (χ4n) is 6.65. The number of nitrogens with zero attached hydrogens (tertiary/aromatic N) is 5. The lowest BCUT2D eigenvalue weighted by Crippen LogP contribution is -2.33. The van der Waals surface area contributed by atoms with Gasteiger partial charge in [0.25, 0.3) is 5.91 Å². The number of likely N-dealkylation sites (tertiary alicyclic amines) is 1. The summed E-state index contributed by atoms with van der Waals surface area (Å²) in [5.41, 5.74) is 7.53. The summed E-state index contributed by atoms with van der Waals surface area (Å²) in [7, 11) is 2.03. The molecule has 0 bridgehead atoms. The summed E-state index contributed by atoms with van der Waals surface area (Å²) in [6, 6.07) is 20.0. The fourth-order valence-corrected chi connectivity index (χ4v) is 6.81. The van der Waals surface area contributed by atoms with Gasteiger partial charge in [-0.3, -0.25) is 14.8 Å². The lowest BCUT2D eigenvalue weighted by Gasteiger charge is -2.31. The average Bonchev–Trinajstić information content (AvgIpc) is 3.65. The standard InChI is InChI=1S/C37H37ClFN7O2.C3H6O/c1-4-23-16-28(19-29-22(2)43-44-36(23)29)40-37(47)25-9-11-33-32(17-25)41-34(45(33)3)20-46-14-12-24(13-15-46)31-6-5-7-35(42-31)48-21-26-8-10-27(38)18-30(26)39;1-2-4-3-1/h5-11,16-19,24H,4,12-15,20-21H2,1-3H3,(H,40,47)(H,43,44);1-3H2. The van der Waals surface area contributed by atoms with Gasteiger partial charge in [-0.05, 0) is 99.8 Å². The number of rotatable bonds is 9. The summed E-state index contributed by atoms with van der Waals surface area (Å²) in [6.07, 6.45) is 4.01. The number of amides is 1. The predicted molar refractivity (Wildman–Crippen MR) is 202 cm³/mol. The van der Waals surface area contributed by atoms with E-state index in [9.17, 15) is 9.18 Å². The Morgan fingerprint density at radius 1 is 1.06 bits per heavy atom. The van der Waals surface area contributed by atoms with Crippen LogP contribution in [0, 0.1) is 12.7 Å². The van der Waals surface area contributed by atoms with Crippen molar-refractivity contribution in [3.8, 4) is 5.88 Å². The zero-order chi connectivity index (χ0) is 36.2. The van der Waals surface area contributed by atoms with E-state index in [4.69, 9.17) is 31.0 Å². The second-order valence-electron chi connectivity index (χ2n) is 13.4. The van der Waals surface area contributed by atoms with Crippen LogP contribution in [0.1, 0.15) is 70.8 Å². The first-order valence-electron chi connectivity index (χ1n) is 17.8. The van der Waals surface area contributed by atoms with E-state index >= 15 is 0 Å². The number of halogens is 2. The Morgan fingerprint density at radius 3 is 2.58 bits per heavy atom. The number of pyridine rings is 1. The van der Waals surface area contributed by atoms with Crippen LogP contribution in [0.15, 0.2) is 66.7 Å². The molecule has 0 saturated carbocycles. The van der Waals surface area contributed by atoms with Gasteiger partial charge in [0.15, 0.2) is 0 Å². The number of benzene rings is 3. The minimum absolute atomic E-state index is 0.0872. The summed E-state index contributed by atoms with van der Waals surface area (Å²) < 4.78 is 26.8. The van der Waals surface area contributed by atoms with Gasteiger partial charge in [-0.2, -0.15) is 5.10 Å². The molecule has 3 aromatic carbocycles. The molecule has 10 nitrogen and oxygen atoms in total. The molecule has 12 heteroatoms. The number of hydrogen-bond donors (Lipinski definition) is 2. The molecule has 0 spiro atoms. The Morgan fingerprint density at radius 2 is 1.85 bits per heavy atom. The van der Waals surface area contributed by atoms with Gasteiger partial charge in [0, 0.05) is 70.9 Å². The van der Waals surface area contributed by atoms with E-state index in [0.717, 1.165) is 96.0 Å². The Hall–Kier alpha value is -4.84. The maximum atomic E-state index is 14.2. The lowest BCUT2D eigenvalue weighted by atomic mass is 9.93. The number of ether oxygens (including phenoxy) is 2. The third-order valence-corrected chi connectivity index (χ3v) is 10.1. The normalized spacial score (nSPS) is 14.9. The van der Waals surface area contributed by atoms with Crippen LogP contribution in [0.3, 0.4) is 0 Å². The minimum Gasteiger partial charge on any atom is -0.473 e. The van der Waals surface area contributed by atoms with Crippen LogP contribution in [0.2, 0.25) is 5.02 Å². The Balaban J connectivity index is 0.000000985. The summed E-state index contributed by atoms with van der Waals surface area (Å²) >= 11 is 5.87. The van der Waals surface area contributed by atoms with Crippen LogP contribution in [-0.2, 0) is 31.4 Å². The molecule has 3 aromatic heterocycles. The van der Waals surface area contributed by atoms with Crippen molar-refractivity contribution >= 4 is 45.1 Å². The molecule has 2 aliphatic heterocycles. The molecule has 8 rings (SSSR count). The molecule has 6 aromatic rings. The van der Waals surface area contributed by atoms with Crippen molar-refractivity contribution in [2.75, 3.05) is 31.6 Å². The van der Waals surface area contributed by atoms with Gasteiger partial charge in [-0.15, -0.1) is 0 Å². The zero-order valence-electron chi connectivity index (χ0n) is 29.7. The summed E-state index contributed by atoms with van der Waals surface area (Å²) in [6.45, 7) is 8.68. The third-order valence-electron chi connectivity index (χ3n) is 9.89. The number of piperidine rings is 1. The van der Waals surface area contributed by atoms with E-state index in [1.54, 1.807) is 18.2 Å². The monoisotopic (exact) mass is 723 g/mol. The van der Waals surface area contributed by atoms with Crippen molar-refractivity contribution in [2.24, 2.45) is 7.05 Å². The number of H-pyrrole nitrogens is 1. The van der Waals surface area contributed by atoms with E-state index in [-0.39, 0.29) is 12.5 Å². The first-order valence-corrected chi connectivity index (χ1v) is 18.2. The molecule has 0 atom stereocenters. The highest BCUT2D eigenvalue weighted by atomic mass is 35.5. The highest BCUT2D eigenvalue weighted by molar-refractivity contribution is 6.30. The fraction of sp³-hybridized carbons (Fsp3) is 0.350. The number of nitrogens with one attached hydrogen (secondary N) is 2. The maximum absolute atomic E-state index is 14.2. The molecule has 0 radical (unpaired) electrons. The van der Waals surface area contributed by atoms with Crippen LogP contribution < -0.4 is 10.1 Å². The van der Waals surface area contributed by atoms with E-state index < -0.39 is 5.82 Å². The highest BCUT2D eigenvalue weighted by Crippen LogP contribution is 2.30. The second kappa shape index (κ2) is 15.8. The summed E-state index contributed by atoms with van der Waals surface area (Å²) in [5, 5.41) is 11.9. The molecule has 1 amide bonds. The van der Waals surface area contributed by atoms with Crippen molar-refractivity contribution in [3.63, 3.8) is 0 Å². The number of imidazole rings is 1. The largest absolute Gasteiger partial charge is 0.473 e. The Kier molecular flexibility index (Phi) is 10.8. The molecule has 2 N–H and O–H groups in total. The van der Waals surface area contributed by atoms with Crippen LogP contribution in [-0.4, -0.2) is 61.8 Å². The maximum Gasteiger partial charge on any atom is 0.255 e. The van der Waals surface area contributed by atoms with Gasteiger partial charge in [-0.1, -0.05) is 30.7 Å². The number of aryl methyl sites for hydroxylation is 3. The number of carbonyl (C=O) groups is 1. The molecule has 270 valence electrons. The Bertz CT molecular complexity index is 2200. The van der Waals surface area contributed by atoms with E-state index in [0.29, 0.717) is 34.5 Å². The van der Waals surface area contributed by atoms with Gasteiger partial charge in [0.1, 0.15) is 18.2 Å². The van der Waals surface area contributed by atoms with Crippen molar-refractivity contribution < 1.29 is 18.7 Å². The van der Waals surface area contributed by atoms with Crippen LogP contribution in [0.5, 0.6) is 5.88 Å². The van der Waals surface area contributed by atoms with Gasteiger partial charge >= 0.3 is 0 Å². The number of carbonyl (C=O) groups excluding carboxylic acids is 1.